The molecular formula is C30H25F5N6O3S. The van der Waals surface area contributed by atoms with Crippen LogP contribution in [0.3, 0.4) is 0 Å². The first-order chi connectivity index (χ1) is 21.3. The molecule has 2 unspecified atom stereocenters. The molecule has 2 heterocycles. The lowest BCUT2D eigenvalue weighted by atomic mass is 10.0. The van der Waals surface area contributed by atoms with E-state index in [4.69, 9.17) is 0 Å². The van der Waals surface area contributed by atoms with Crippen molar-refractivity contribution in [3.8, 4) is 22.8 Å². The first-order valence-corrected chi connectivity index (χ1v) is 14.4. The summed E-state index contributed by atoms with van der Waals surface area (Å²) < 4.78 is 72.2. The lowest BCUT2D eigenvalue weighted by molar-refractivity contribution is -0.274. The maximum Gasteiger partial charge on any atom is 0.573 e. The highest BCUT2D eigenvalue weighted by atomic mass is 32.2. The van der Waals surface area contributed by atoms with Crippen LogP contribution in [0, 0.1) is 20.8 Å². The number of amidine groups is 1. The monoisotopic (exact) mass is 644 g/mol. The fraction of sp³-hybridized carbons (Fsp3) is 0.233. The number of thioether (sulfide) groups is 1. The van der Waals surface area contributed by atoms with Crippen molar-refractivity contribution < 1.29 is 36.3 Å². The number of hydrogen-bond acceptors (Lipinski definition) is 6. The Morgan fingerprint density at radius 2 is 1.67 bits per heavy atom. The number of aromatic nitrogens is 3. The lowest BCUT2D eigenvalue weighted by Crippen LogP contribution is -2.36. The second-order valence-electron chi connectivity index (χ2n) is 10.1. The Morgan fingerprint density at radius 1 is 1.02 bits per heavy atom. The van der Waals surface area contributed by atoms with Gasteiger partial charge in [-0.15, -0.1) is 18.3 Å². The Kier molecular flexibility index (Phi) is 8.91. The van der Waals surface area contributed by atoms with Crippen molar-refractivity contribution in [2.24, 2.45) is 4.99 Å². The second kappa shape index (κ2) is 12.7. The summed E-state index contributed by atoms with van der Waals surface area (Å²) in [5, 5.41) is 6.24. The minimum atomic E-state index is -4.81. The summed E-state index contributed by atoms with van der Waals surface area (Å²) in [5.41, 5.74) is 4.01. The van der Waals surface area contributed by atoms with Crippen LogP contribution < -0.4 is 15.0 Å². The molecule has 45 heavy (non-hydrogen) atoms. The van der Waals surface area contributed by atoms with E-state index in [0.29, 0.717) is 16.9 Å². The summed E-state index contributed by atoms with van der Waals surface area (Å²) in [5.74, 6) is -0.401. The molecule has 1 saturated heterocycles. The summed E-state index contributed by atoms with van der Waals surface area (Å²) in [7, 11) is 0. The van der Waals surface area contributed by atoms with E-state index < -0.39 is 24.9 Å². The molecule has 2 atom stereocenters. The van der Waals surface area contributed by atoms with Gasteiger partial charge in [0.15, 0.2) is 17.2 Å². The van der Waals surface area contributed by atoms with Crippen LogP contribution in [0.4, 0.5) is 32.4 Å². The maximum absolute atomic E-state index is 15.0. The summed E-state index contributed by atoms with van der Waals surface area (Å²) in [6.07, 6.45) is -8.14. The third-order valence-corrected chi connectivity index (χ3v) is 7.58. The van der Waals surface area contributed by atoms with Crippen molar-refractivity contribution in [2.75, 3.05) is 10.7 Å². The molecule has 1 aromatic heterocycles. The number of halogens is 5. The zero-order valence-electron chi connectivity index (χ0n) is 24.0. The van der Waals surface area contributed by atoms with Crippen LogP contribution in [0.2, 0.25) is 0 Å². The Labute approximate surface area is 258 Å². The van der Waals surface area contributed by atoms with Crippen molar-refractivity contribution >= 4 is 34.6 Å². The molecule has 4 aromatic rings. The lowest BCUT2D eigenvalue weighted by Gasteiger charge is -2.21. The minimum absolute atomic E-state index is 0.0479. The first kappa shape index (κ1) is 31.6. The molecule has 1 aliphatic rings. The molecule has 0 radical (unpaired) electrons. The second-order valence-corrected chi connectivity index (χ2v) is 11.0. The summed E-state index contributed by atoms with van der Waals surface area (Å²) >= 11 is 1.03. The van der Waals surface area contributed by atoms with Gasteiger partial charge in [-0.2, -0.15) is 4.99 Å². The van der Waals surface area contributed by atoms with Gasteiger partial charge in [-0.25, -0.2) is 23.2 Å². The number of rotatable bonds is 7. The molecule has 1 aliphatic heterocycles. The van der Waals surface area contributed by atoms with Crippen LogP contribution in [0.25, 0.3) is 17.1 Å². The zero-order chi connectivity index (χ0) is 32.5. The van der Waals surface area contributed by atoms with Crippen LogP contribution in [-0.4, -0.2) is 50.3 Å². The fourth-order valence-electron chi connectivity index (χ4n) is 4.81. The number of benzene rings is 3. The molecule has 0 spiro atoms. The molecule has 0 aliphatic carbocycles. The van der Waals surface area contributed by atoms with Crippen molar-refractivity contribution in [3.05, 3.63) is 89.2 Å². The first-order valence-electron chi connectivity index (χ1n) is 13.4. The molecule has 0 saturated carbocycles. The maximum atomic E-state index is 15.0. The van der Waals surface area contributed by atoms with Gasteiger partial charge < -0.3 is 10.1 Å². The highest BCUT2D eigenvalue weighted by molar-refractivity contribution is 8.15. The SMILES string of the molecule is Cc1cc(C)c(N2C(=O)CS/C2=N\C(=O)NC(F)C(F)c2ccc(-c3ncn(-c4ccc(OC(F)(F)F)cc4)n3)cc2)c(C)c1. The summed E-state index contributed by atoms with van der Waals surface area (Å²) in [6, 6.07) is 13.2. The highest BCUT2D eigenvalue weighted by Gasteiger charge is 2.33. The van der Waals surface area contributed by atoms with Gasteiger partial charge in [0.05, 0.1) is 17.1 Å². The molecule has 9 nitrogen and oxygen atoms in total. The predicted molar refractivity (Wildman–Crippen MR) is 159 cm³/mol. The van der Waals surface area contributed by atoms with E-state index >= 15 is 4.39 Å². The number of ether oxygens (including phenoxy) is 1. The molecule has 3 amide bonds. The van der Waals surface area contributed by atoms with Gasteiger partial charge in [-0.3, -0.25) is 9.69 Å². The molecule has 0 bridgehead atoms. The van der Waals surface area contributed by atoms with Crippen LogP contribution in [0.15, 0.2) is 72.0 Å². The summed E-state index contributed by atoms with van der Waals surface area (Å²) in [4.78, 5) is 34.5. The van der Waals surface area contributed by atoms with Crippen molar-refractivity contribution in [3.63, 3.8) is 0 Å². The van der Waals surface area contributed by atoms with Crippen molar-refractivity contribution in [2.45, 2.75) is 39.6 Å². The number of amides is 3. The Balaban J connectivity index is 1.23. The van der Waals surface area contributed by atoms with E-state index in [1.807, 2.05) is 38.2 Å². The van der Waals surface area contributed by atoms with E-state index in [0.717, 1.165) is 40.6 Å². The molecule has 1 N–H and O–H groups in total. The molecule has 234 valence electrons. The average molecular weight is 645 g/mol. The smallest absolute Gasteiger partial charge is 0.406 e. The van der Waals surface area contributed by atoms with Gasteiger partial charge in [-0.1, -0.05) is 53.7 Å². The zero-order valence-corrected chi connectivity index (χ0v) is 24.8. The number of nitrogens with one attached hydrogen (secondary N) is 1. The number of aryl methyl sites for hydroxylation is 3. The van der Waals surface area contributed by atoms with Gasteiger partial charge in [0, 0.05) is 5.56 Å². The van der Waals surface area contributed by atoms with Gasteiger partial charge in [0.25, 0.3) is 0 Å². The fourth-order valence-corrected chi connectivity index (χ4v) is 5.66. The number of urea groups is 1. The van der Waals surface area contributed by atoms with Crippen molar-refractivity contribution in [1.82, 2.24) is 20.1 Å². The Bertz CT molecular complexity index is 1740. The topological polar surface area (TPSA) is 102 Å². The van der Waals surface area contributed by atoms with E-state index in [-0.39, 0.29) is 34.0 Å². The quantitative estimate of drug-likeness (QED) is 0.173. The summed E-state index contributed by atoms with van der Waals surface area (Å²) in [6.45, 7) is 5.59. The largest absolute Gasteiger partial charge is 0.573 e. The van der Waals surface area contributed by atoms with Crippen LogP contribution in [0.1, 0.15) is 28.4 Å². The molecular weight excluding hydrogens is 619 g/mol. The predicted octanol–water partition coefficient (Wildman–Crippen LogP) is 6.91. The third kappa shape index (κ3) is 7.30. The number of hydrogen-bond donors (Lipinski definition) is 1. The van der Waals surface area contributed by atoms with E-state index in [1.165, 1.54) is 52.3 Å². The van der Waals surface area contributed by atoms with Crippen LogP contribution in [0.5, 0.6) is 5.75 Å². The molecule has 3 aromatic carbocycles. The number of carbonyl (C=O) groups is 2. The van der Waals surface area contributed by atoms with Gasteiger partial charge in [0.1, 0.15) is 12.1 Å². The number of alkyl halides is 5. The number of anilines is 1. The standard InChI is InChI=1S/C30H25F5N6O3S/c1-16-12-17(2)25(18(3)13-16)41-23(42)14-45-29(41)38-28(43)37-26(32)24(31)19-4-6-20(7-5-19)27-36-15-40(39-27)21-8-10-22(11-9-21)44-30(33,34)35/h4-13,15,24,26H,14H2,1-3H3,(H,37,43)/b38-29-. The number of nitrogens with zero attached hydrogens (tertiary/aromatic N) is 5. The Hall–Kier alpha value is -4.79. The third-order valence-electron chi connectivity index (χ3n) is 6.65. The van der Waals surface area contributed by atoms with E-state index in [1.54, 1.807) is 0 Å². The average Bonchev–Trinajstić information content (AvgIpc) is 3.59. The van der Waals surface area contributed by atoms with Gasteiger partial charge in [-0.05, 0) is 61.7 Å². The van der Waals surface area contributed by atoms with E-state index in [9.17, 15) is 27.2 Å². The molecule has 5 rings (SSSR count). The normalized spacial score (nSPS) is 15.8. The van der Waals surface area contributed by atoms with Gasteiger partial charge >= 0.3 is 12.4 Å². The molecule has 1 fully saturated rings. The number of aliphatic imine (C=N–C) groups is 1. The van der Waals surface area contributed by atoms with Gasteiger partial charge in [0.2, 0.25) is 12.2 Å². The Morgan fingerprint density at radius 3 is 2.29 bits per heavy atom. The minimum Gasteiger partial charge on any atom is -0.406 e. The van der Waals surface area contributed by atoms with Crippen LogP contribution >= 0.6 is 11.8 Å². The van der Waals surface area contributed by atoms with E-state index in [2.05, 4.69) is 19.8 Å². The number of carbonyl (C=O) groups excluding carboxylic acids is 2. The highest BCUT2D eigenvalue weighted by Crippen LogP contribution is 2.33. The molecule has 15 heteroatoms. The van der Waals surface area contributed by atoms with Crippen molar-refractivity contribution in [1.29, 1.82) is 0 Å². The van der Waals surface area contributed by atoms with Crippen LogP contribution in [-0.2, 0) is 4.79 Å².